The summed E-state index contributed by atoms with van der Waals surface area (Å²) in [4.78, 5) is 45.5. The summed E-state index contributed by atoms with van der Waals surface area (Å²) in [6.07, 6.45) is -1.27. The van der Waals surface area contributed by atoms with Gasteiger partial charge in [0, 0.05) is 17.7 Å². The molecule has 1 unspecified atom stereocenters. The van der Waals surface area contributed by atoms with Crippen molar-refractivity contribution in [2.24, 2.45) is 0 Å². The largest absolute Gasteiger partial charge is 0.449 e. The number of carbonyl (C=O) groups excluding carboxylic acids is 3. The first-order chi connectivity index (χ1) is 11.4. The molecule has 0 aliphatic heterocycles. The molecule has 1 aromatic carbocycles. The van der Waals surface area contributed by atoms with Gasteiger partial charge in [0.15, 0.2) is 6.10 Å². The van der Waals surface area contributed by atoms with E-state index in [2.05, 4.69) is 5.32 Å². The summed E-state index contributed by atoms with van der Waals surface area (Å²) in [5, 5.41) is 15.2. The van der Waals surface area contributed by atoms with E-state index in [0.29, 0.717) is 0 Å². The fourth-order valence-electron chi connectivity index (χ4n) is 1.71. The number of ether oxygens (including phenoxy) is 1. The minimum atomic E-state index is -1.27. The zero-order chi connectivity index (χ0) is 19.4. The third kappa shape index (κ3) is 6.09. The number of nitrogens with zero attached hydrogens (tertiary/aromatic N) is 1. The van der Waals surface area contributed by atoms with Gasteiger partial charge in [0.1, 0.15) is 0 Å². The van der Waals surface area contributed by atoms with Gasteiger partial charge in [-0.15, -0.1) is 0 Å². The number of imide groups is 1. The summed E-state index contributed by atoms with van der Waals surface area (Å²) in [5.41, 5.74) is 4.49. The number of nitro groups is 1. The van der Waals surface area contributed by atoms with Crippen LogP contribution < -0.4 is 16.4 Å². The number of hydrogen-bond acceptors (Lipinski definition) is 7. The lowest BCUT2D eigenvalue weighted by Crippen LogP contribution is -2.50. The molecule has 0 saturated heterocycles. The van der Waals surface area contributed by atoms with E-state index in [0.717, 1.165) is 18.2 Å². The number of nitro benzene ring substituents is 1. The summed E-state index contributed by atoms with van der Waals surface area (Å²) in [6, 6.07) is 2.51. The summed E-state index contributed by atoms with van der Waals surface area (Å²) in [5.74, 6) is -1.76. The van der Waals surface area contributed by atoms with Gasteiger partial charge in [-0.25, -0.2) is 9.59 Å². The molecule has 10 heteroatoms. The second-order valence-corrected chi connectivity index (χ2v) is 6.27. The van der Waals surface area contributed by atoms with Gasteiger partial charge in [-0.05, 0) is 33.8 Å². The minimum Gasteiger partial charge on any atom is -0.449 e. The van der Waals surface area contributed by atoms with Crippen molar-refractivity contribution in [2.75, 3.05) is 5.73 Å². The van der Waals surface area contributed by atoms with Crippen LogP contribution in [-0.2, 0) is 9.53 Å². The standard InChI is InChI=1S/C15H20N4O6/c1-8(12(20)17-14(22)18-15(2,3)4)25-13(21)10-6-5-9(19(23)24)7-11(10)16/h5-8H,16H2,1-4H3,(H2,17,18,20,22). The van der Waals surface area contributed by atoms with Crippen LogP contribution in [0.15, 0.2) is 18.2 Å². The molecule has 3 amide bonds. The number of rotatable bonds is 4. The predicted molar refractivity (Wildman–Crippen MR) is 88.8 cm³/mol. The first kappa shape index (κ1) is 19.9. The number of anilines is 1. The molecular weight excluding hydrogens is 332 g/mol. The van der Waals surface area contributed by atoms with Crippen molar-refractivity contribution < 1.29 is 24.0 Å². The lowest BCUT2D eigenvalue weighted by Gasteiger charge is -2.21. The summed E-state index contributed by atoms with van der Waals surface area (Å²) in [6.45, 7) is 6.48. The highest BCUT2D eigenvalue weighted by Crippen LogP contribution is 2.20. The number of esters is 1. The van der Waals surface area contributed by atoms with E-state index in [1.165, 1.54) is 6.92 Å². The molecule has 1 atom stereocenters. The molecule has 0 spiro atoms. The normalized spacial score (nSPS) is 12.0. The molecule has 0 fully saturated rings. The predicted octanol–water partition coefficient (Wildman–Crippen LogP) is 1.35. The van der Waals surface area contributed by atoms with Crippen LogP contribution in [0.1, 0.15) is 38.1 Å². The van der Waals surface area contributed by atoms with Crippen molar-refractivity contribution in [1.82, 2.24) is 10.6 Å². The summed E-state index contributed by atoms with van der Waals surface area (Å²) >= 11 is 0. The fourth-order valence-corrected chi connectivity index (χ4v) is 1.71. The molecule has 0 aromatic heterocycles. The van der Waals surface area contributed by atoms with Crippen molar-refractivity contribution in [2.45, 2.75) is 39.3 Å². The lowest BCUT2D eigenvalue weighted by atomic mass is 10.1. The molecule has 0 aliphatic carbocycles. The Morgan fingerprint density at radius 2 is 1.88 bits per heavy atom. The van der Waals surface area contributed by atoms with Gasteiger partial charge in [0.05, 0.1) is 16.2 Å². The maximum atomic E-state index is 12.0. The average Bonchev–Trinajstić information content (AvgIpc) is 2.44. The summed E-state index contributed by atoms with van der Waals surface area (Å²) < 4.78 is 4.93. The van der Waals surface area contributed by atoms with E-state index >= 15 is 0 Å². The molecule has 25 heavy (non-hydrogen) atoms. The molecular formula is C15H20N4O6. The van der Waals surface area contributed by atoms with Crippen LogP contribution in [0, 0.1) is 10.1 Å². The number of benzene rings is 1. The first-order valence-electron chi connectivity index (χ1n) is 7.28. The van der Waals surface area contributed by atoms with Crippen molar-refractivity contribution in [1.29, 1.82) is 0 Å². The van der Waals surface area contributed by atoms with Crippen LogP contribution >= 0.6 is 0 Å². The number of hydrogen-bond donors (Lipinski definition) is 3. The molecule has 0 aliphatic rings. The molecule has 0 bridgehead atoms. The number of urea groups is 1. The third-order valence-corrected chi connectivity index (χ3v) is 2.84. The third-order valence-electron chi connectivity index (χ3n) is 2.84. The second-order valence-electron chi connectivity index (χ2n) is 6.27. The Labute approximate surface area is 143 Å². The van der Waals surface area contributed by atoms with E-state index < -0.39 is 34.5 Å². The Hall–Kier alpha value is -3.17. The SMILES string of the molecule is CC(OC(=O)c1ccc([N+](=O)[O-])cc1N)C(=O)NC(=O)NC(C)(C)C. The number of nitrogens with one attached hydrogen (secondary N) is 2. The van der Waals surface area contributed by atoms with Gasteiger partial charge in [-0.3, -0.25) is 20.2 Å². The van der Waals surface area contributed by atoms with Crippen LogP contribution in [0.25, 0.3) is 0 Å². The van der Waals surface area contributed by atoms with Crippen molar-refractivity contribution in [3.05, 3.63) is 33.9 Å². The van der Waals surface area contributed by atoms with Crippen molar-refractivity contribution in [3.8, 4) is 0 Å². The average molecular weight is 352 g/mol. The van der Waals surface area contributed by atoms with Gasteiger partial charge in [-0.2, -0.15) is 0 Å². The monoisotopic (exact) mass is 352 g/mol. The fraction of sp³-hybridized carbons (Fsp3) is 0.400. The molecule has 0 heterocycles. The maximum Gasteiger partial charge on any atom is 0.341 e. The van der Waals surface area contributed by atoms with E-state index in [9.17, 15) is 24.5 Å². The molecule has 0 radical (unpaired) electrons. The molecule has 136 valence electrons. The zero-order valence-corrected chi connectivity index (χ0v) is 14.3. The lowest BCUT2D eigenvalue weighted by molar-refractivity contribution is -0.384. The Morgan fingerprint density at radius 1 is 1.28 bits per heavy atom. The summed E-state index contributed by atoms with van der Waals surface area (Å²) in [7, 11) is 0. The van der Waals surface area contributed by atoms with Gasteiger partial charge in [0.25, 0.3) is 11.6 Å². The Kier molecular flexibility index (Phi) is 6.04. The highest BCUT2D eigenvalue weighted by atomic mass is 16.6. The highest BCUT2D eigenvalue weighted by molar-refractivity contribution is 6.00. The highest BCUT2D eigenvalue weighted by Gasteiger charge is 2.24. The van der Waals surface area contributed by atoms with Crippen molar-refractivity contribution in [3.63, 3.8) is 0 Å². The molecule has 0 saturated carbocycles. The molecule has 1 aromatic rings. The number of nitrogen functional groups attached to an aromatic ring is 1. The van der Waals surface area contributed by atoms with Crippen LogP contribution in [0.2, 0.25) is 0 Å². The topological polar surface area (TPSA) is 154 Å². The van der Waals surface area contributed by atoms with E-state index in [-0.39, 0.29) is 16.9 Å². The van der Waals surface area contributed by atoms with E-state index in [1.807, 2.05) is 5.32 Å². The first-order valence-corrected chi connectivity index (χ1v) is 7.28. The van der Waals surface area contributed by atoms with Crippen LogP contribution in [0.5, 0.6) is 0 Å². The maximum absolute atomic E-state index is 12.0. The smallest absolute Gasteiger partial charge is 0.341 e. The van der Waals surface area contributed by atoms with Gasteiger partial charge >= 0.3 is 12.0 Å². The zero-order valence-electron chi connectivity index (χ0n) is 14.3. The number of amides is 3. The Morgan fingerprint density at radius 3 is 2.36 bits per heavy atom. The molecule has 1 rings (SSSR count). The number of carbonyl (C=O) groups is 3. The van der Waals surface area contributed by atoms with Gasteiger partial charge < -0.3 is 15.8 Å². The van der Waals surface area contributed by atoms with E-state index in [4.69, 9.17) is 10.5 Å². The Bertz CT molecular complexity index is 710. The molecule has 4 N–H and O–H groups in total. The van der Waals surface area contributed by atoms with Crippen LogP contribution in [-0.4, -0.2) is 34.5 Å². The number of non-ortho nitro benzene ring substituents is 1. The molecule has 10 nitrogen and oxygen atoms in total. The van der Waals surface area contributed by atoms with Crippen LogP contribution in [0.3, 0.4) is 0 Å². The van der Waals surface area contributed by atoms with Crippen molar-refractivity contribution >= 4 is 29.3 Å². The van der Waals surface area contributed by atoms with Crippen LogP contribution in [0.4, 0.5) is 16.2 Å². The van der Waals surface area contributed by atoms with E-state index in [1.54, 1.807) is 20.8 Å². The number of nitrogens with two attached hydrogens (primary N) is 1. The second kappa shape index (κ2) is 7.60. The van der Waals surface area contributed by atoms with Gasteiger partial charge in [-0.1, -0.05) is 0 Å². The minimum absolute atomic E-state index is 0.121. The quantitative estimate of drug-likeness (QED) is 0.320. The Balaban J connectivity index is 2.72. The van der Waals surface area contributed by atoms with Gasteiger partial charge in [0.2, 0.25) is 0 Å².